The molecule has 0 aliphatic carbocycles. The Balaban J connectivity index is 1.79. The Morgan fingerprint density at radius 3 is 2.57 bits per heavy atom. The van der Waals surface area contributed by atoms with Crippen LogP contribution in [0.3, 0.4) is 0 Å². The number of benzene rings is 1. The molecule has 5 heteroatoms. The maximum absolute atomic E-state index is 5.62. The van der Waals surface area contributed by atoms with E-state index in [0.29, 0.717) is 13.2 Å². The first-order valence-electron chi connectivity index (χ1n) is 7.04. The fraction of sp³-hybridized carbons (Fsp3) is 0.375. The minimum absolute atomic E-state index is 0.608. The van der Waals surface area contributed by atoms with Crippen LogP contribution < -0.4 is 14.4 Å². The standard InChI is InChI=1S/C16H19N3O2/c1-11-8-16(18-12(2)17-11)19(3)10-13-4-5-14-15(9-13)21-7-6-20-14/h4-5,8-9H,6-7,10H2,1-3H3. The maximum Gasteiger partial charge on any atom is 0.161 e. The highest BCUT2D eigenvalue weighted by molar-refractivity contribution is 5.46. The van der Waals surface area contributed by atoms with E-state index < -0.39 is 0 Å². The number of hydrogen-bond donors (Lipinski definition) is 0. The second-order valence-electron chi connectivity index (χ2n) is 5.25. The molecule has 21 heavy (non-hydrogen) atoms. The SMILES string of the molecule is Cc1cc(N(C)Cc2ccc3c(c2)OCCO3)nc(C)n1. The number of anilines is 1. The zero-order valence-electron chi connectivity index (χ0n) is 12.6. The van der Waals surface area contributed by atoms with E-state index in [9.17, 15) is 0 Å². The van der Waals surface area contributed by atoms with Gasteiger partial charge >= 0.3 is 0 Å². The Kier molecular flexibility index (Phi) is 3.64. The second-order valence-corrected chi connectivity index (χ2v) is 5.25. The van der Waals surface area contributed by atoms with Crippen LogP contribution in [-0.2, 0) is 6.54 Å². The molecule has 1 aliphatic rings. The van der Waals surface area contributed by atoms with Gasteiger partial charge in [0, 0.05) is 25.4 Å². The first-order valence-corrected chi connectivity index (χ1v) is 7.04. The van der Waals surface area contributed by atoms with E-state index in [1.807, 2.05) is 39.1 Å². The molecule has 1 aliphatic heterocycles. The van der Waals surface area contributed by atoms with Crippen LogP contribution in [0, 0.1) is 13.8 Å². The van der Waals surface area contributed by atoms with Crippen LogP contribution in [0.5, 0.6) is 11.5 Å². The van der Waals surface area contributed by atoms with Gasteiger partial charge in [-0.1, -0.05) is 6.07 Å². The lowest BCUT2D eigenvalue weighted by Gasteiger charge is -2.22. The van der Waals surface area contributed by atoms with Gasteiger partial charge in [-0.15, -0.1) is 0 Å². The van der Waals surface area contributed by atoms with Crippen molar-refractivity contribution < 1.29 is 9.47 Å². The van der Waals surface area contributed by atoms with Gasteiger partial charge in [-0.25, -0.2) is 9.97 Å². The smallest absolute Gasteiger partial charge is 0.161 e. The lowest BCUT2D eigenvalue weighted by atomic mass is 10.2. The largest absolute Gasteiger partial charge is 0.486 e. The molecule has 0 N–H and O–H groups in total. The molecule has 0 spiro atoms. The molecule has 0 radical (unpaired) electrons. The Hall–Kier alpha value is -2.30. The highest BCUT2D eigenvalue weighted by Gasteiger charge is 2.13. The average molecular weight is 285 g/mol. The fourth-order valence-corrected chi connectivity index (χ4v) is 2.43. The van der Waals surface area contributed by atoms with E-state index in [0.717, 1.165) is 40.9 Å². The fourth-order valence-electron chi connectivity index (χ4n) is 2.43. The second kappa shape index (κ2) is 5.60. The van der Waals surface area contributed by atoms with Crippen molar-refractivity contribution >= 4 is 5.82 Å². The van der Waals surface area contributed by atoms with Gasteiger partial charge in [0.05, 0.1) is 0 Å². The molecular weight excluding hydrogens is 266 g/mol. The molecule has 0 amide bonds. The lowest BCUT2D eigenvalue weighted by Crippen LogP contribution is -2.19. The summed E-state index contributed by atoms with van der Waals surface area (Å²) in [6, 6.07) is 8.05. The topological polar surface area (TPSA) is 47.5 Å². The lowest BCUT2D eigenvalue weighted by molar-refractivity contribution is 0.171. The summed E-state index contributed by atoms with van der Waals surface area (Å²) >= 11 is 0. The van der Waals surface area contributed by atoms with Crippen molar-refractivity contribution in [3.05, 3.63) is 41.3 Å². The molecular formula is C16H19N3O2. The van der Waals surface area contributed by atoms with Crippen molar-refractivity contribution in [3.8, 4) is 11.5 Å². The van der Waals surface area contributed by atoms with Gasteiger partial charge in [-0.05, 0) is 31.5 Å². The quantitative estimate of drug-likeness (QED) is 0.867. The molecule has 110 valence electrons. The molecule has 3 rings (SSSR count). The van der Waals surface area contributed by atoms with Gasteiger partial charge in [0.1, 0.15) is 24.9 Å². The van der Waals surface area contributed by atoms with Crippen molar-refractivity contribution in [3.63, 3.8) is 0 Å². The molecule has 0 bridgehead atoms. The number of hydrogen-bond acceptors (Lipinski definition) is 5. The third kappa shape index (κ3) is 3.07. The summed E-state index contributed by atoms with van der Waals surface area (Å²) in [7, 11) is 2.03. The van der Waals surface area contributed by atoms with Gasteiger partial charge in [0.2, 0.25) is 0 Å². The van der Waals surface area contributed by atoms with Crippen LogP contribution in [-0.4, -0.2) is 30.2 Å². The Morgan fingerprint density at radius 1 is 1.05 bits per heavy atom. The Morgan fingerprint density at radius 2 is 1.81 bits per heavy atom. The molecule has 1 aromatic carbocycles. The van der Waals surface area contributed by atoms with Gasteiger partial charge in [0.25, 0.3) is 0 Å². The summed E-state index contributed by atoms with van der Waals surface area (Å²) in [4.78, 5) is 10.9. The predicted octanol–water partition coefficient (Wildman–Crippen LogP) is 2.50. The van der Waals surface area contributed by atoms with Crippen LogP contribution in [0.4, 0.5) is 5.82 Å². The Labute approximate surface area is 124 Å². The van der Waals surface area contributed by atoms with Crippen molar-refractivity contribution in [2.24, 2.45) is 0 Å². The van der Waals surface area contributed by atoms with E-state index in [1.165, 1.54) is 0 Å². The highest BCUT2D eigenvalue weighted by atomic mass is 16.6. The molecule has 0 unspecified atom stereocenters. The van der Waals surface area contributed by atoms with Crippen LogP contribution in [0.2, 0.25) is 0 Å². The van der Waals surface area contributed by atoms with Gasteiger partial charge < -0.3 is 14.4 Å². The minimum atomic E-state index is 0.608. The van der Waals surface area contributed by atoms with Crippen LogP contribution in [0.15, 0.2) is 24.3 Å². The van der Waals surface area contributed by atoms with Gasteiger partial charge in [-0.3, -0.25) is 0 Å². The molecule has 0 saturated heterocycles. The van der Waals surface area contributed by atoms with Crippen LogP contribution >= 0.6 is 0 Å². The monoisotopic (exact) mass is 285 g/mol. The predicted molar refractivity (Wildman–Crippen MR) is 81.0 cm³/mol. The molecule has 2 heterocycles. The van der Waals surface area contributed by atoms with E-state index in [4.69, 9.17) is 9.47 Å². The molecule has 1 aromatic heterocycles. The van der Waals surface area contributed by atoms with Gasteiger partial charge in [-0.2, -0.15) is 0 Å². The molecule has 2 aromatic rings. The molecule has 5 nitrogen and oxygen atoms in total. The normalized spacial score (nSPS) is 13.1. The molecule has 0 atom stereocenters. The first kappa shape index (κ1) is 13.7. The third-order valence-electron chi connectivity index (χ3n) is 3.37. The maximum atomic E-state index is 5.62. The summed E-state index contributed by atoms with van der Waals surface area (Å²) in [6.45, 7) is 5.87. The van der Waals surface area contributed by atoms with E-state index in [2.05, 4.69) is 20.9 Å². The van der Waals surface area contributed by atoms with Crippen molar-refractivity contribution in [2.45, 2.75) is 20.4 Å². The van der Waals surface area contributed by atoms with E-state index in [-0.39, 0.29) is 0 Å². The summed E-state index contributed by atoms with van der Waals surface area (Å²) in [5, 5.41) is 0. The average Bonchev–Trinajstić information content (AvgIpc) is 2.46. The highest BCUT2D eigenvalue weighted by Crippen LogP contribution is 2.31. The number of aromatic nitrogens is 2. The Bertz CT molecular complexity index is 638. The number of rotatable bonds is 3. The summed E-state index contributed by atoms with van der Waals surface area (Å²) in [6.07, 6.45) is 0. The number of nitrogens with zero attached hydrogens (tertiary/aromatic N) is 3. The molecule has 0 fully saturated rings. The zero-order valence-corrected chi connectivity index (χ0v) is 12.6. The van der Waals surface area contributed by atoms with Crippen LogP contribution in [0.25, 0.3) is 0 Å². The van der Waals surface area contributed by atoms with Crippen molar-refractivity contribution in [1.82, 2.24) is 9.97 Å². The van der Waals surface area contributed by atoms with Crippen LogP contribution in [0.1, 0.15) is 17.1 Å². The zero-order chi connectivity index (χ0) is 14.8. The summed E-state index contributed by atoms with van der Waals surface area (Å²) in [5.41, 5.74) is 2.14. The summed E-state index contributed by atoms with van der Waals surface area (Å²) < 4.78 is 11.2. The number of aryl methyl sites for hydroxylation is 2. The van der Waals surface area contributed by atoms with Gasteiger partial charge in [0.15, 0.2) is 11.5 Å². The summed E-state index contributed by atoms with van der Waals surface area (Å²) in [5.74, 6) is 3.36. The van der Waals surface area contributed by atoms with E-state index in [1.54, 1.807) is 0 Å². The van der Waals surface area contributed by atoms with Crippen molar-refractivity contribution in [1.29, 1.82) is 0 Å². The first-order chi connectivity index (χ1) is 10.1. The van der Waals surface area contributed by atoms with E-state index >= 15 is 0 Å². The minimum Gasteiger partial charge on any atom is -0.486 e. The third-order valence-corrected chi connectivity index (χ3v) is 3.37. The number of ether oxygens (including phenoxy) is 2. The molecule has 0 saturated carbocycles. The number of fused-ring (bicyclic) bond motifs is 1. The van der Waals surface area contributed by atoms with Crippen molar-refractivity contribution in [2.75, 3.05) is 25.2 Å².